The molecular formula is C26H39N3O4. The van der Waals surface area contributed by atoms with Gasteiger partial charge in [-0.1, -0.05) is 35.5 Å². The predicted octanol–water partition coefficient (Wildman–Crippen LogP) is 4.10. The maximum Gasteiger partial charge on any atom is 0.232 e. The Balaban J connectivity index is 1.62. The Labute approximate surface area is 197 Å². The van der Waals surface area contributed by atoms with Crippen LogP contribution in [0.5, 0.6) is 0 Å². The molecule has 7 heteroatoms. The zero-order chi connectivity index (χ0) is 23.0. The Morgan fingerprint density at radius 3 is 2.79 bits per heavy atom. The molecule has 2 fully saturated rings. The van der Waals surface area contributed by atoms with Crippen molar-refractivity contribution in [3.8, 4) is 11.3 Å². The lowest BCUT2D eigenvalue weighted by molar-refractivity contribution is 0.00518. The van der Waals surface area contributed by atoms with Crippen molar-refractivity contribution in [3.63, 3.8) is 0 Å². The molecule has 0 spiro atoms. The van der Waals surface area contributed by atoms with Crippen LogP contribution in [0.4, 0.5) is 5.88 Å². The first-order valence-corrected chi connectivity index (χ1v) is 12.6. The molecule has 0 radical (unpaired) electrons. The van der Waals surface area contributed by atoms with E-state index in [1.165, 1.54) is 6.42 Å². The first-order valence-electron chi connectivity index (χ1n) is 12.6. The van der Waals surface area contributed by atoms with Crippen molar-refractivity contribution in [3.05, 3.63) is 35.9 Å². The zero-order valence-electron chi connectivity index (χ0n) is 20.1. The van der Waals surface area contributed by atoms with Gasteiger partial charge in [-0.25, -0.2) is 0 Å². The van der Waals surface area contributed by atoms with Gasteiger partial charge in [-0.3, -0.25) is 4.90 Å². The summed E-state index contributed by atoms with van der Waals surface area (Å²) in [7, 11) is 0. The van der Waals surface area contributed by atoms with E-state index in [4.69, 9.17) is 14.0 Å². The number of aliphatic hydroxyl groups is 1. The Morgan fingerprint density at radius 1 is 1.21 bits per heavy atom. The van der Waals surface area contributed by atoms with Gasteiger partial charge in [0.1, 0.15) is 5.69 Å². The van der Waals surface area contributed by atoms with Crippen molar-refractivity contribution < 1.29 is 19.1 Å². The molecule has 7 nitrogen and oxygen atoms in total. The Morgan fingerprint density at radius 2 is 2.06 bits per heavy atom. The number of hydrogen-bond acceptors (Lipinski definition) is 7. The highest BCUT2D eigenvalue weighted by atomic mass is 16.5. The number of nitrogens with zero attached hydrogens (tertiary/aromatic N) is 3. The molecule has 33 heavy (non-hydrogen) atoms. The van der Waals surface area contributed by atoms with Crippen molar-refractivity contribution >= 4 is 5.88 Å². The second kappa shape index (κ2) is 12.0. The fourth-order valence-electron chi connectivity index (χ4n) is 5.00. The number of anilines is 1. The van der Waals surface area contributed by atoms with Crippen molar-refractivity contribution in [2.45, 2.75) is 70.7 Å². The SMILES string of the molecule is CCOC[C@H](O)CN(Cc1c(-c2ccccc2)noc1N1CCCC[C@@H]1C)C[C@@H]1CCCO1. The van der Waals surface area contributed by atoms with Gasteiger partial charge in [0.2, 0.25) is 5.88 Å². The van der Waals surface area contributed by atoms with Crippen LogP contribution in [0.3, 0.4) is 0 Å². The highest BCUT2D eigenvalue weighted by Crippen LogP contribution is 2.35. The minimum absolute atomic E-state index is 0.196. The van der Waals surface area contributed by atoms with Crippen LogP contribution in [0.25, 0.3) is 11.3 Å². The molecule has 1 aromatic carbocycles. The van der Waals surface area contributed by atoms with Crippen LogP contribution in [0.2, 0.25) is 0 Å². The van der Waals surface area contributed by atoms with E-state index >= 15 is 0 Å². The molecular weight excluding hydrogens is 418 g/mol. The van der Waals surface area contributed by atoms with Crippen LogP contribution in [0, 0.1) is 0 Å². The normalized spacial score (nSPS) is 22.2. The second-order valence-corrected chi connectivity index (χ2v) is 9.36. The van der Waals surface area contributed by atoms with Crippen LogP contribution in [-0.2, 0) is 16.0 Å². The molecule has 0 bridgehead atoms. The number of piperidine rings is 1. The molecule has 0 amide bonds. The Hall–Kier alpha value is -1.93. The van der Waals surface area contributed by atoms with Gasteiger partial charge in [-0.15, -0.1) is 0 Å². The van der Waals surface area contributed by atoms with Gasteiger partial charge in [0, 0.05) is 51.0 Å². The zero-order valence-corrected chi connectivity index (χ0v) is 20.1. The number of hydrogen-bond donors (Lipinski definition) is 1. The van der Waals surface area contributed by atoms with E-state index < -0.39 is 6.10 Å². The summed E-state index contributed by atoms with van der Waals surface area (Å²) in [6, 6.07) is 10.7. The molecule has 2 saturated heterocycles. The minimum Gasteiger partial charge on any atom is -0.389 e. The van der Waals surface area contributed by atoms with Gasteiger partial charge in [0.05, 0.1) is 24.4 Å². The third-order valence-electron chi connectivity index (χ3n) is 6.73. The molecule has 1 aromatic heterocycles. The van der Waals surface area contributed by atoms with Gasteiger partial charge >= 0.3 is 0 Å². The predicted molar refractivity (Wildman–Crippen MR) is 129 cm³/mol. The molecule has 3 heterocycles. The summed E-state index contributed by atoms with van der Waals surface area (Å²) in [5, 5.41) is 15.2. The maximum atomic E-state index is 10.6. The molecule has 0 aliphatic carbocycles. The topological polar surface area (TPSA) is 71.2 Å². The number of aliphatic hydroxyl groups excluding tert-OH is 1. The smallest absolute Gasteiger partial charge is 0.232 e. The van der Waals surface area contributed by atoms with Crippen LogP contribution in [0.1, 0.15) is 51.5 Å². The summed E-state index contributed by atoms with van der Waals surface area (Å²) in [6.07, 6.45) is 5.38. The average molecular weight is 458 g/mol. The molecule has 0 saturated carbocycles. The number of rotatable bonds is 11. The quantitative estimate of drug-likeness (QED) is 0.545. The maximum absolute atomic E-state index is 10.6. The van der Waals surface area contributed by atoms with Crippen LogP contribution >= 0.6 is 0 Å². The lowest BCUT2D eigenvalue weighted by Gasteiger charge is -2.34. The van der Waals surface area contributed by atoms with E-state index in [1.807, 2.05) is 25.1 Å². The van der Waals surface area contributed by atoms with E-state index in [1.54, 1.807) is 0 Å². The second-order valence-electron chi connectivity index (χ2n) is 9.36. The van der Waals surface area contributed by atoms with Gasteiger partial charge in [0.25, 0.3) is 0 Å². The molecule has 0 unspecified atom stereocenters. The molecule has 4 rings (SSSR count). The lowest BCUT2D eigenvalue weighted by atomic mass is 10.0. The van der Waals surface area contributed by atoms with E-state index in [2.05, 4.69) is 34.0 Å². The molecule has 2 aliphatic heterocycles. The van der Waals surface area contributed by atoms with Crippen molar-refractivity contribution in [1.29, 1.82) is 0 Å². The summed E-state index contributed by atoms with van der Waals surface area (Å²) in [5.74, 6) is 0.873. The highest BCUT2D eigenvalue weighted by Gasteiger charge is 2.30. The third-order valence-corrected chi connectivity index (χ3v) is 6.73. The standard InChI is InChI=1S/C26H39N3O4/c1-3-31-19-22(30)16-28(17-23-13-9-15-32-23)18-24-25(21-11-5-4-6-12-21)27-33-26(24)29-14-8-7-10-20(29)2/h4-6,11-12,20,22-23,30H,3,7-10,13-19H2,1-2H3/t20-,22+,23-/m0/s1. The average Bonchev–Trinajstić information content (AvgIpc) is 3.49. The van der Waals surface area contributed by atoms with E-state index in [9.17, 15) is 5.11 Å². The molecule has 182 valence electrons. The summed E-state index contributed by atoms with van der Waals surface area (Å²) < 4.78 is 17.5. The lowest BCUT2D eigenvalue weighted by Crippen LogP contribution is -2.40. The van der Waals surface area contributed by atoms with Gasteiger partial charge < -0.3 is 24.0 Å². The largest absolute Gasteiger partial charge is 0.389 e. The van der Waals surface area contributed by atoms with Crippen LogP contribution in [0.15, 0.2) is 34.9 Å². The van der Waals surface area contributed by atoms with Crippen molar-refractivity contribution in [2.24, 2.45) is 0 Å². The number of ether oxygens (including phenoxy) is 2. The van der Waals surface area contributed by atoms with E-state index in [-0.39, 0.29) is 6.10 Å². The molecule has 2 aliphatic rings. The Bertz CT molecular complexity index is 837. The molecule has 2 aromatic rings. The minimum atomic E-state index is -0.552. The van der Waals surface area contributed by atoms with E-state index in [0.717, 1.165) is 68.1 Å². The number of benzene rings is 1. The molecule has 3 atom stereocenters. The first-order chi connectivity index (χ1) is 16.2. The van der Waals surface area contributed by atoms with Gasteiger partial charge in [0.15, 0.2) is 0 Å². The van der Waals surface area contributed by atoms with Gasteiger partial charge in [-0.05, 0) is 46.0 Å². The summed E-state index contributed by atoms with van der Waals surface area (Å²) in [6.45, 7) is 8.90. The third kappa shape index (κ3) is 6.35. The van der Waals surface area contributed by atoms with Gasteiger partial charge in [-0.2, -0.15) is 0 Å². The molecule has 1 N–H and O–H groups in total. The highest BCUT2D eigenvalue weighted by molar-refractivity contribution is 5.68. The first kappa shape index (κ1) is 24.2. The van der Waals surface area contributed by atoms with Crippen molar-refractivity contribution in [1.82, 2.24) is 10.1 Å². The Kier molecular flexibility index (Phi) is 8.78. The number of aromatic nitrogens is 1. The fraction of sp³-hybridized carbons (Fsp3) is 0.654. The fourth-order valence-corrected chi connectivity index (χ4v) is 5.00. The monoisotopic (exact) mass is 457 g/mol. The summed E-state index contributed by atoms with van der Waals surface area (Å²) in [5.41, 5.74) is 3.04. The van der Waals surface area contributed by atoms with E-state index in [0.29, 0.717) is 32.3 Å². The van der Waals surface area contributed by atoms with Crippen molar-refractivity contribution in [2.75, 3.05) is 44.4 Å². The summed E-state index contributed by atoms with van der Waals surface area (Å²) in [4.78, 5) is 4.66. The van der Waals surface area contributed by atoms with Crippen LogP contribution < -0.4 is 4.90 Å². The summed E-state index contributed by atoms with van der Waals surface area (Å²) >= 11 is 0. The van der Waals surface area contributed by atoms with Crippen LogP contribution in [-0.4, -0.2) is 72.9 Å².